The summed E-state index contributed by atoms with van der Waals surface area (Å²) < 4.78 is 0. The van der Waals surface area contributed by atoms with Gasteiger partial charge in [-0.1, -0.05) is 44.6 Å². The molecule has 0 aliphatic rings. The number of amides is 1. The maximum absolute atomic E-state index is 10.7. The van der Waals surface area contributed by atoms with E-state index < -0.39 is 0 Å². The van der Waals surface area contributed by atoms with Crippen LogP contribution in [0.1, 0.15) is 89.5 Å². The summed E-state index contributed by atoms with van der Waals surface area (Å²) in [6.45, 7) is 2.41. The Hall–Kier alpha value is -1.82. The topological polar surface area (TPSA) is 42.0 Å². The number of aryl methyl sites for hydroxylation is 1. The summed E-state index contributed by atoms with van der Waals surface area (Å²) in [7, 11) is 0. The lowest BCUT2D eigenvalue weighted by molar-refractivity contribution is -0.118. The van der Waals surface area contributed by atoms with E-state index in [0.29, 0.717) is 0 Å². The van der Waals surface area contributed by atoms with E-state index >= 15 is 0 Å². The molecule has 0 aliphatic heterocycles. The average Bonchev–Trinajstić information content (AvgIpc) is 2.65. The maximum Gasteiger partial charge on any atom is 0.216 e. The minimum absolute atomic E-state index is 0.0813. The normalized spacial score (nSPS) is 10.2. The van der Waals surface area contributed by atoms with Gasteiger partial charge in [0.2, 0.25) is 5.91 Å². The standard InChI is InChI=1S/C23H36N2O/c1-22(26)25-20-15-13-11-9-7-5-3-2-4-6-8-10-12-14-17-23-18-16-19-24-21-23/h16,18-19,21H,2-5,7,9-15,17,20H2,1H3,(H,25,26). The Labute approximate surface area is 160 Å². The quantitative estimate of drug-likeness (QED) is 0.356. The van der Waals surface area contributed by atoms with Crippen LogP contribution in [0, 0.1) is 11.8 Å². The molecule has 0 unspecified atom stereocenters. The molecule has 3 heteroatoms. The number of rotatable bonds is 14. The highest BCUT2D eigenvalue weighted by Gasteiger charge is 1.94. The Morgan fingerprint density at radius 1 is 0.923 bits per heavy atom. The molecule has 3 nitrogen and oxygen atoms in total. The van der Waals surface area contributed by atoms with E-state index in [2.05, 4.69) is 28.2 Å². The van der Waals surface area contributed by atoms with Crippen LogP contribution in [0.4, 0.5) is 0 Å². The summed E-state index contributed by atoms with van der Waals surface area (Å²) in [5.74, 6) is 6.72. The fraction of sp³-hybridized carbons (Fsp3) is 0.652. The van der Waals surface area contributed by atoms with Crippen LogP contribution in [0.15, 0.2) is 24.5 Å². The highest BCUT2D eigenvalue weighted by atomic mass is 16.1. The fourth-order valence-electron chi connectivity index (χ4n) is 2.93. The fourth-order valence-corrected chi connectivity index (χ4v) is 2.93. The van der Waals surface area contributed by atoms with Crippen molar-refractivity contribution in [3.05, 3.63) is 30.1 Å². The molecular weight excluding hydrogens is 320 g/mol. The van der Waals surface area contributed by atoms with Gasteiger partial charge in [0.25, 0.3) is 0 Å². The number of carbonyl (C=O) groups excluding carboxylic acids is 1. The molecule has 26 heavy (non-hydrogen) atoms. The minimum atomic E-state index is 0.0813. The van der Waals surface area contributed by atoms with Crippen molar-refractivity contribution in [1.82, 2.24) is 10.3 Å². The van der Waals surface area contributed by atoms with Crippen molar-refractivity contribution in [3.63, 3.8) is 0 Å². The zero-order valence-corrected chi connectivity index (χ0v) is 16.6. The highest BCUT2D eigenvalue weighted by molar-refractivity contribution is 5.72. The highest BCUT2D eigenvalue weighted by Crippen LogP contribution is 2.09. The number of pyridine rings is 1. The van der Waals surface area contributed by atoms with Crippen LogP contribution >= 0.6 is 0 Å². The van der Waals surface area contributed by atoms with E-state index in [1.165, 1.54) is 63.4 Å². The van der Waals surface area contributed by atoms with Crippen molar-refractivity contribution in [2.45, 2.75) is 90.4 Å². The molecule has 0 aliphatic carbocycles. The first-order chi connectivity index (χ1) is 12.8. The molecule has 0 atom stereocenters. The van der Waals surface area contributed by atoms with Gasteiger partial charge in [-0.2, -0.15) is 0 Å². The summed E-state index contributed by atoms with van der Waals surface area (Å²) in [5.41, 5.74) is 1.33. The predicted octanol–water partition coefficient (Wildman–Crippen LogP) is 5.44. The van der Waals surface area contributed by atoms with Crippen LogP contribution in [0.3, 0.4) is 0 Å². The van der Waals surface area contributed by atoms with Gasteiger partial charge in [0.1, 0.15) is 0 Å². The average molecular weight is 357 g/mol. The molecule has 144 valence electrons. The van der Waals surface area contributed by atoms with Crippen molar-refractivity contribution in [1.29, 1.82) is 0 Å². The molecule has 1 rings (SSSR count). The van der Waals surface area contributed by atoms with Crippen LogP contribution < -0.4 is 5.32 Å². The molecule has 1 aromatic heterocycles. The number of nitrogens with zero attached hydrogens (tertiary/aromatic N) is 1. The second-order valence-electron chi connectivity index (χ2n) is 6.98. The maximum atomic E-state index is 10.7. The van der Waals surface area contributed by atoms with E-state index in [1.807, 2.05) is 18.5 Å². The molecule has 0 aromatic carbocycles. The lowest BCUT2D eigenvalue weighted by atomic mass is 10.1. The van der Waals surface area contributed by atoms with Crippen LogP contribution in [-0.4, -0.2) is 17.4 Å². The lowest BCUT2D eigenvalue weighted by Crippen LogP contribution is -2.20. The van der Waals surface area contributed by atoms with E-state index in [1.54, 1.807) is 6.92 Å². The number of nitrogens with one attached hydrogen (secondary N) is 1. The Bertz CT molecular complexity index is 516. The van der Waals surface area contributed by atoms with Crippen LogP contribution in [0.2, 0.25) is 0 Å². The molecule has 0 spiro atoms. The number of hydrogen-bond acceptors (Lipinski definition) is 2. The van der Waals surface area contributed by atoms with Gasteiger partial charge in [0.05, 0.1) is 0 Å². The first-order valence-corrected chi connectivity index (χ1v) is 10.4. The Balaban J connectivity index is 1.78. The number of unbranched alkanes of at least 4 members (excludes halogenated alkanes) is 10. The van der Waals surface area contributed by atoms with Crippen molar-refractivity contribution in [2.75, 3.05) is 6.54 Å². The molecule has 1 amide bonds. The Morgan fingerprint density at radius 2 is 1.54 bits per heavy atom. The van der Waals surface area contributed by atoms with Crippen molar-refractivity contribution < 1.29 is 4.79 Å². The second kappa shape index (κ2) is 16.6. The van der Waals surface area contributed by atoms with Crippen molar-refractivity contribution >= 4 is 5.91 Å². The zero-order valence-electron chi connectivity index (χ0n) is 16.6. The summed E-state index contributed by atoms with van der Waals surface area (Å²) in [6, 6.07) is 4.15. The molecule has 1 N–H and O–H groups in total. The Morgan fingerprint density at radius 3 is 2.15 bits per heavy atom. The molecule has 0 fully saturated rings. The monoisotopic (exact) mass is 356 g/mol. The number of carbonyl (C=O) groups is 1. The summed E-state index contributed by atoms with van der Waals surface area (Å²) in [5, 5.41) is 2.85. The Kier molecular flexibility index (Phi) is 14.2. The van der Waals surface area contributed by atoms with E-state index in [-0.39, 0.29) is 5.91 Å². The number of aromatic nitrogens is 1. The summed E-state index contributed by atoms with van der Waals surface area (Å²) in [4.78, 5) is 14.9. The molecule has 1 aromatic rings. The van der Waals surface area contributed by atoms with E-state index in [4.69, 9.17) is 0 Å². The molecule has 0 saturated heterocycles. The van der Waals surface area contributed by atoms with Gasteiger partial charge in [0, 0.05) is 38.7 Å². The first-order valence-electron chi connectivity index (χ1n) is 10.4. The smallest absolute Gasteiger partial charge is 0.216 e. The summed E-state index contributed by atoms with van der Waals surface area (Å²) >= 11 is 0. The molecule has 1 heterocycles. The lowest BCUT2D eigenvalue weighted by Gasteiger charge is -2.02. The van der Waals surface area contributed by atoms with Gasteiger partial charge in [0.15, 0.2) is 0 Å². The second-order valence-corrected chi connectivity index (χ2v) is 6.98. The van der Waals surface area contributed by atoms with Gasteiger partial charge >= 0.3 is 0 Å². The molecular formula is C23H36N2O. The predicted molar refractivity (Wildman–Crippen MR) is 110 cm³/mol. The largest absolute Gasteiger partial charge is 0.356 e. The number of hydrogen-bond donors (Lipinski definition) is 1. The van der Waals surface area contributed by atoms with Crippen molar-refractivity contribution in [3.8, 4) is 11.8 Å². The third-order valence-electron chi connectivity index (χ3n) is 4.47. The van der Waals surface area contributed by atoms with Crippen LogP contribution in [0.25, 0.3) is 0 Å². The molecule has 0 saturated carbocycles. The van der Waals surface area contributed by atoms with Gasteiger partial charge in [-0.25, -0.2) is 0 Å². The zero-order chi connectivity index (χ0) is 18.7. The van der Waals surface area contributed by atoms with E-state index in [0.717, 1.165) is 32.2 Å². The third kappa shape index (κ3) is 14.5. The SMILES string of the molecule is CC(=O)NCCCCCCCCCCC#CCCCCc1cccnc1. The molecule has 0 radical (unpaired) electrons. The van der Waals surface area contributed by atoms with E-state index in [9.17, 15) is 4.79 Å². The third-order valence-corrected chi connectivity index (χ3v) is 4.47. The van der Waals surface area contributed by atoms with Crippen LogP contribution in [-0.2, 0) is 11.2 Å². The van der Waals surface area contributed by atoms with Crippen LogP contribution in [0.5, 0.6) is 0 Å². The van der Waals surface area contributed by atoms with Crippen molar-refractivity contribution in [2.24, 2.45) is 0 Å². The van der Waals surface area contributed by atoms with Gasteiger partial charge in [-0.05, 0) is 43.7 Å². The minimum Gasteiger partial charge on any atom is -0.356 e. The van der Waals surface area contributed by atoms with Gasteiger partial charge in [-0.15, -0.1) is 11.8 Å². The van der Waals surface area contributed by atoms with Gasteiger partial charge < -0.3 is 5.32 Å². The molecule has 0 bridgehead atoms. The summed E-state index contributed by atoms with van der Waals surface area (Å²) in [6.07, 6.45) is 19.5. The first kappa shape index (κ1) is 22.2. The van der Waals surface area contributed by atoms with Gasteiger partial charge in [-0.3, -0.25) is 9.78 Å².